The second kappa shape index (κ2) is 18.2. The summed E-state index contributed by atoms with van der Waals surface area (Å²) in [6.45, 7) is 14.4. The molecule has 0 spiro atoms. The number of pyridine rings is 1. The Bertz CT molecular complexity index is 2330. The maximum absolute atomic E-state index is 14.6. The Hall–Kier alpha value is -5.31. The van der Waals surface area contributed by atoms with E-state index in [9.17, 15) is 24.3 Å². The van der Waals surface area contributed by atoms with E-state index in [2.05, 4.69) is 59.2 Å². The molecule has 3 aliphatic rings. The smallest absolute Gasteiger partial charge is 0.324 e. The van der Waals surface area contributed by atoms with Gasteiger partial charge in [0, 0.05) is 74.8 Å². The van der Waals surface area contributed by atoms with Crippen LogP contribution in [0.1, 0.15) is 77.3 Å². The second-order valence-electron chi connectivity index (χ2n) is 18.6. The summed E-state index contributed by atoms with van der Waals surface area (Å²) in [7, 11) is 5.28. The van der Waals surface area contributed by atoms with Crippen LogP contribution >= 0.6 is 0 Å². The monoisotopic (exact) mass is 849 g/mol. The van der Waals surface area contributed by atoms with Crippen LogP contribution in [0.4, 0.5) is 0 Å². The predicted molar refractivity (Wildman–Crippen MR) is 238 cm³/mol. The molecule has 2 fully saturated rings. The van der Waals surface area contributed by atoms with Gasteiger partial charge in [0.05, 0.1) is 30.0 Å². The Balaban J connectivity index is 1.34. The summed E-state index contributed by atoms with van der Waals surface area (Å²) in [5, 5.41) is 16.7. The highest BCUT2D eigenvalue weighted by Crippen LogP contribution is 2.42. The average molecular weight is 850 g/mol. The molecule has 7 rings (SSSR count). The second-order valence-corrected chi connectivity index (χ2v) is 18.6. The van der Waals surface area contributed by atoms with Gasteiger partial charge in [-0.3, -0.25) is 29.2 Å². The van der Waals surface area contributed by atoms with Crippen LogP contribution < -0.4 is 10.7 Å². The molecule has 0 radical (unpaired) electrons. The Labute approximate surface area is 364 Å². The number of hydrogen-bond donors (Lipinski definition) is 3. The van der Waals surface area contributed by atoms with Gasteiger partial charge in [-0.1, -0.05) is 39.8 Å². The quantitative estimate of drug-likeness (QED) is 0.184. The van der Waals surface area contributed by atoms with E-state index in [0.717, 1.165) is 44.5 Å². The zero-order valence-electron chi connectivity index (χ0n) is 37.7. The van der Waals surface area contributed by atoms with Gasteiger partial charge in [0.1, 0.15) is 23.9 Å². The molecular formula is C48H63N7O7. The zero-order chi connectivity index (χ0) is 44.6. The van der Waals surface area contributed by atoms with E-state index in [0.29, 0.717) is 51.0 Å². The van der Waals surface area contributed by atoms with Crippen molar-refractivity contribution in [3.8, 4) is 28.1 Å². The summed E-state index contributed by atoms with van der Waals surface area (Å²) in [4.78, 5) is 64.7. The van der Waals surface area contributed by atoms with E-state index >= 15 is 0 Å². The maximum atomic E-state index is 14.6. The molecule has 62 heavy (non-hydrogen) atoms. The van der Waals surface area contributed by atoms with Gasteiger partial charge in [-0.25, -0.2) is 5.43 Å². The topological polar surface area (TPSA) is 159 Å². The normalized spacial score (nSPS) is 20.9. The number of likely N-dealkylation sites (N-methyl/N-ethyl adjacent to an activating group) is 1. The summed E-state index contributed by atoms with van der Waals surface area (Å²) >= 11 is 0. The fourth-order valence-electron chi connectivity index (χ4n) is 9.53. The number of carbonyl (C=O) groups excluding carboxylic acids is 4. The maximum Gasteiger partial charge on any atom is 0.324 e. The third-order valence-corrected chi connectivity index (χ3v) is 12.8. The van der Waals surface area contributed by atoms with E-state index in [1.165, 1.54) is 9.91 Å². The fourth-order valence-corrected chi connectivity index (χ4v) is 9.53. The van der Waals surface area contributed by atoms with E-state index in [1.54, 1.807) is 32.5 Å². The van der Waals surface area contributed by atoms with Crippen LogP contribution in [-0.2, 0) is 48.0 Å². The van der Waals surface area contributed by atoms with Crippen molar-refractivity contribution >= 4 is 34.6 Å². The van der Waals surface area contributed by atoms with Crippen molar-refractivity contribution in [2.45, 2.75) is 98.0 Å². The highest BCUT2D eigenvalue weighted by atomic mass is 16.5. The number of benzene rings is 2. The molecule has 3 aliphatic heterocycles. The number of phenolic OH excluding ortho intramolecular Hbond substituents is 1. The first-order chi connectivity index (χ1) is 29.5. The minimum absolute atomic E-state index is 0.0148. The molecule has 3 amide bonds. The van der Waals surface area contributed by atoms with Gasteiger partial charge in [-0.15, -0.1) is 0 Å². The molecule has 5 heterocycles. The van der Waals surface area contributed by atoms with Crippen molar-refractivity contribution in [1.82, 2.24) is 35.1 Å². The summed E-state index contributed by atoms with van der Waals surface area (Å²) in [6, 6.07) is 12.9. The van der Waals surface area contributed by atoms with Crippen molar-refractivity contribution in [2.75, 3.05) is 47.4 Å². The first kappa shape index (κ1) is 44.7. The molecule has 1 unspecified atom stereocenters. The first-order valence-corrected chi connectivity index (χ1v) is 22.0. The number of phenols is 1. The number of hydrazine groups is 1. The van der Waals surface area contributed by atoms with Gasteiger partial charge in [0.25, 0.3) is 5.91 Å². The number of carbonyl (C=O) groups is 4. The lowest BCUT2D eigenvalue weighted by Gasteiger charge is -2.40. The van der Waals surface area contributed by atoms with Gasteiger partial charge in [0.15, 0.2) is 0 Å². The molecule has 0 aliphatic carbocycles. The number of nitrogens with one attached hydrogen (secondary N) is 2. The number of rotatable bonds is 9. The number of aromatic nitrogens is 2. The average Bonchev–Trinajstić information content (AvgIpc) is 3.54. The van der Waals surface area contributed by atoms with Crippen LogP contribution in [0.15, 0.2) is 54.7 Å². The molecule has 4 atom stereocenters. The lowest BCUT2D eigenvalue weighted by Crippen LogP contribution is -2.63. The number of aryl methyl sites for hydroxylation is 1. The van der Waals surface area contributed by atoms with E-state index < -0.39 is 41.3 Å². The lowest BCUT2D eigenvalue weighted by molar-refractivity contribution is -0.155. The number of aromatic hydroxyl groups is 1. The number of esters is 1. The summed E-state index contributed by atoms with van der Waals surface area (Å²) in [5.41, 5.74) is 9.73. The molecule has 2 aromatic carbocycles. The van der Waals surface area contributed by atoms with Gasteiger partial charge < -0.3 is 34.3 Å². The van der Waals surface area contributed by atoms with E-state index in [4.69, 9.17) is 14.5 Å². The first-order valence-electron chi connectivity index (χ1n) is 22.0. The van der Waals surface area contributed by atoms with Crippen LogP contribution in [0.3, 0.4) is 0 Å². The van der Waals surface area contributed by atoms with Crippen LogP contribution in [-0.4, -0.2) is 119 Å². The predicted octanol–water partition coefficient (Wildman–Crippen LogP) is 5.50. The van der Waals surface area contributed by atoms with Gasteiger partial charge in [0.2, 0.25) is 11.8 Å². The largest absolute Gasteiger partial charge is 0.508 e. The van der Waals surface area contributed by atoms with E-state index in [-0.39, 0.29) is 42.6 Å². The number of likely N-dealkylation sites (tertiary alicyclic amines) is 1. The molecule has 0 saturated carbocycles. The minimum atomic E-state index is -1.10. The third-order valence-electron chi connectivity index (χ3n) is 12.8. The third kappa shape index (κ3) is 9.09. The number of ether oxygens (including phenoxy) is 2. The van der Waals surface area contributed by atoms with Gasteiger partial charge in [-0.2, -0.15) is 0 Å². The molecular weight excluding hydrogens is 787 g/mol. The Morgan fingerprint density at radius 3 is 2.55 bits per heavy atom. The minimum Gasteiger partial charge on any atom is -0.508 e. The van der Waals surface area contributed by atoms with Crippen molar-refractivity contribution in [2.24, 2.45) is 17.3 Å². The molecule has 14 nitrogen and oxygen atoms in total. The lowest BCUT2D eigenvalue weighted by atomic mass is 9.84. The molecule has 4 aromatic rings. The van der Waals surface area contributed by atoms with E-state index in [1.807, 2.05) is 46.0 Å². The number of hydrogen-bond acceptors (Lipinski definition) is 10. The molecule has 6 bridgehead atoms. The molecule has 3 N–H and O–H groups in total. The number of methoxy groups -OCH3 is 1. The van der Waals surface area contributed by atoms with Crippen LogP contribution in [0.5, 0.6) is 5.75 Å². The summed E-state index contributed by atoms with van der Waals surface area (Å²) < 4.78 is 14.2. The number of amides is 3. The molecule has 2 aromatic heterocycles. The number of nitrogens with zero attached hydrogens (tertiary/aromatic N) is 5. The highest BCUT2D eigenvalue weighted by molar-refractivity contribution is 5.96. The zero-order valence-corrected chi connectivity index (χ0v) is 37.7. The van der Waals surface area contributed by atoms with Crippen molar-refractivity contribution in [3.63, 3.8) is 0 Å². The van der Waals surface area contributed by atoms with Gasteiger partial charge in [-0.05, 0) is 105 Å². The number of cyclic esters (lactones) is 1. The van der Waals surface area contributed by atoms with Crippen LogP contribution in [0.25, 0.3) is 33.3 Å². The van der Waals surface area contributed by atoms with Gasteiger partial charge >= 0.3 is 5.97 Å². The van der Waals surface area contributed by atoms with Crippen molar-refractivity contribution < 1.29 is 33.8 Å². The summed E-state index contributed by atoms with van der Waals surface area (Å²) in [6.07, 6.45) is 3.11. The van der Waals surface area contributed by atoms with Crippen molar-refractivity contribution in [1.29, 1.82) is 0 Å². The molecule has 332 valence electrons. The fraction of sp³-hybridized carbons (Fsp3) is 0.521. The molecule has 14 heteroatoms. The van der Waals surface area contributed by atoms with Crippen LogP contribution in [0.2, 0.25) is 0 Å². The summed E-state index contributed by atoms with van der Waals surface area (Å²) in [5.74, 6) is -1.89. The molecule has 2 saturated heterocycles. The number of fused-ring (bicyclic) bond motifs is 6. The van der Waals surface area contributed by atoms with Crippen molar-refractivity contribution in [3.05, 3.63) is 71.5 Å². The Kier molecular flexibility index (Phi) is 13.1. The van der Waals surface area contributed by atoms with Crippen LogP contribution in [0, 0.1) is 17.3 Å². The highest BCUT2D eigenvalue weighted by Gasteiger charge is 2.40. The Morgan fingerprint density at radius 2 is 1.85 bits per heavy atom. The SMILES string of the molecule is CCn1c(-c2cccnc2[C@H](C)OC)c2c3cc(ccc31)-c1cc(O)cc(c1)C[C@H](NC(=O)C(C(C)C)N(C)C(=O)C1CN(C)C1)C(=O)N1CCC[C@H](N1)C(=O)OCC(C)(C)C2. The standard InChI is InChI=1S/C48H63N7O7/c1-10-54-40-16-15-31-23-36(40)37(43(54)35-13-11-17-49-41(35)29(4)61-9)24-48(5,6)27-62-47(60)38-14-12-18-55(51-38)46(59)39(21-30-19-32(31)22-34(56)20-30)50-44(57)42(28(2)3)53(8)45(58)33-25-52(7)26-33/h11,13,15-17,19-20,22-23,28-29,33,38-39,42,51,56H,10,12,14,18,21,24-27H2,1-9H3,(H,50,57)/t29-,38-,39-,42?/m0/s1. The Morgan fingerprint density at radius 1 is 1.10 bits per heavy atom.